The molecule has 2 aliphatic rings. The van der Waals surface area contributed by atoms with Crippen molar-refractivity contribution in [3.63, 3.8) is 0 Å². The second kappa shape index (κ2) is 5.71. The van der Waals surface area contributed by atoms with Gasteiger partial charge in [0.1, 0.15) is 5.69 Å². The summed E-state index contributed by atoms with van der Waals surface area (Å²) in [5.41, 5.74) is -0.935. The van der Waals surface area contributed by atoms with Crippen LogP contribution in [-0.2, 0) is 11.0 Å². The molecule has 9 heteroatoms. The zero-order chi connectivity index (χ0) is 15.7. The van der Waals surface area contributed by atoms with Crippen molar-refractivity contribution < 1.29 is 18.0 Å². The zero-order valence-corrected chi connectivity index (χ0v) is 11.8. The average Bonchev–Trinajstić information content (AvgIpc) is 2.93. The number of alkyl halides is 3. The van der Waals surface area contributed by atoms with Gasteiger partial charge in [0.15, 0.2) is 0 Å². The summed E-state index contributed by atoms with van der Waals surface area (Å²) >= 11 is 0. The molecular formula is C13H16F3N5O. The van der Waals surface area contributed by atoms with E-state index >= 15 is 0 Å². The first kappa shape index (κ1) is 15.0. The first-order valence-corrected chi connectivity index (χ1v) is 7.12. The van der Waals surface area contributed by atoms with Gasteiger partial charge in [0.2, 0.25) is 11.9 Å². The van der Waals surface area contributed by atoms with Crippen LogP contribution in [0.2, 0.25) is 0 Å². The number of piperazine rings is 1. The maximum atomic E-state index is 12.7. The van der Waals surface area contributed by atoms with E-state index in [1.54, 1.807) is 4.90 Å². The summed E-state index contributed by atoms with van der Waals surface area (Å²) in [6, 6.07) is 0.743. The molecule has 0 aliphatic carbocycles. The summed E-state index contributed by atoms with van der Waals surface area (Å²) in [4.78, 5) is 23.0. The van der Waals surface area contributed by atoms with Crippen LogP contribution in [0.4, 0.5) is 19.1 Å². The van der Waals surface area contributed by atoms with Crippen LogP contribution in [-0.4, -0.2) is 59.5 Å². The number of hydrogen-bond acceptors (Lipinski definition) is 5. The van der Waals surface area contributed by atoms with Gasteiger partial charge in [-0.25, -0.2) is 9.97 Å². The first-order chi connectivity index (χ1) is 10.4. The maximum absolute atomic E-state index is 12.7. The Bertz CT molecular complexity index is 557. The predicted octanol–water partition coefficient (Wildman–Crippen LogP) is 0.506. The quantitative estimate of drug-likeness (QED) is 0.861. The highest BCUT2D eigenvalue weighted by molar-refractivity contribution is 5.83. The van der Waals surface area contributed by atoms with Gasteiger partial charge in [-0.2, -0.15) is 13.2 Å². The minimum atomic E-state index is -4.47. The Hall–Kier alpha value is -1.90. The Balaban J connectivity index is 1.65. The molecule has 1 aromatic heterocycles. The molecule has 22 heavy (non-hydrogen) atoms. The van der Waals surface area contributed by atoms with Gasteiger partial charge in [-0.3, -0.25) is 9.69 Å². The van der Waals surface area contributed by atoms with E-state index < -0.39 is 11.9 Å². The molecule has 120 valence electrons. The van der Waals surface area contributed by atoms with Crippen LogP contribution in [0.25, 0.3) is 0 Å². The number of nitrogens with zero attached hydrogens (tertiary/aromatic N) is 4. The highest BCUT2D eigenvalue weighted by Gasteiger charge is 2.35. The second-order valence-corrected chi connectivity index (χ2v) is 5.36. The molecule has 2 saturated heterocycles. The van der Waals surface area contributed by atoms with Crippen molar-refractivity contribution in [3.05, 3.63) is 18.0 Å². The summed E-state index contributed by atoms with van der Waals surface area (Å²) in [5.74, 6) is 0.120. The van der Waals surface area contributed by atoms with Gasteiger partial charge in [0.05, 0.1) is 6.04 Å². The Labute approximate surface area is 125 Å². The van der Waals surface area contributed by atoms with Crippen molar-refractivity contribution in [1.29, 1.82) is 0 Å². The Morgan fingerprint density at radius 2 is 1.95 bits per heavy atom. The van der Waals surface area contributed by atoms with Crippen LogP contribution < -0.4 is 10.2 Å². The van der Waals surface area contributed by atoms with E-state index in [9.17, 15) is 18.0 Å². The third kappa shape index (κ3) is 2.99. The van der Waals surface area contributed by atoms with Gasteiger partial charge in [-0.15, -0.1) is 0 Å². The van der Waals surface area contributed by atoms with Crippen molar-refractivity contribution in [2.24, 2.45) is 0 Å². The van der Waals surface area contributed by atoms with E-state index in [1.165, 1.54) is 0 Å². The number of nitrogens with one attached hydrogen (secondary N) is 1. The van der Waals surface area contributed by atoms with Crippen LogP contribution in [0.1, 0.15) is 12.1 Å². The predicted molar refractivity (Wildman–Crippen MR) is 72.2 cm³/mol. The summed E-state index contributed by atoms with van der Waals surface area (Å²) in [7, 11) is 0. The molecule has 3 rings (SSSR count). The summed E-state index contributed by atoms with van der Waals surface area (Å²) in [6.07, 6.45) is -2.57. The lowest BCUT2D eigenvalue weighted by Gasteiger charge is -2.37. The van der Waals surface area contributed by atoms with Gasteiger partial charge in [-0.05, 0) is 12.5 Å². The van der Waals surface area contributed by atoms with Gasteiger partial charge >= 0.3 is 6.18 Å². The Morgan fingerprint density at radius 3 is 2.55 bits per heavy atom. The molecule has 0 radical (unpaired) electrons. The van der Waals surface area contributed by atoms with Crippen LogP contribution in [0.15, 0.2) is 12.3 Å². The number of carbonyl (C=O) groups is 1. The van der Waals surface area contributed by atoms with Gasteiger partial charge in [-0.1, -0.05) is 0 Å². The Morgan fingerprint density at radius 1 is 1.23 bits per heavy atom. The molecule has 0 saturated carbocycles. The molecule has 1 atom stereocenters. The number of aromatic nitrogens is 2. The second-order valence-electron chi connectivity index (χ2n) is 5.36. The number of amides is 1. The smallest absolute Gasteiger partial charge is 0.355 e. The molecule has 2 fully saturated rings. The number of hydrogen-bond donors (Lipinski definition) is 1. The topological polar surface area (TPSA) is 61.4 Å². The van der Waals surface area contributed by atoms with E-state index in [-0.39, 0.29) is 17.9 Å². The van der Waals surface area contributed by atoms with Crippen LogP contribution in [0.3, 0.4) is 0 Å². The van der Waals surface area contributed by atoms with E-state index in [4.69, 9.17) is 0 Å². The summed E-state index contributed by atoms with van der Waals surface area (Å²) < 4.78 is 38.0. The number of rotatable bonds is 2. The van der Waals surface area contributed by atoms with Crippen LogP contribution in [0.5, 0.6) is 0 Å². The van der Waals surface area contributed by atoms with Gasteiger partial charge in [0, 0.05) is 38.9 Å². The molecule has 0 unspecified atom stereocenters. The SMILES string of the molecule is O=C1NCC[C@@H]1N1CCN(c2nccc(C(F)(F)F)n2)CC1. The fourth-order valence-electron chi connectivity index (χ4n) is 2.82. The van der Waals surface area contributed by atoms with Gasteiger partial charge < -0.3 is 10.2 Å². The summed E-state index contributed by atoms with van der Waals surface area (Å²) in [6.45, 7) is 2.91. The maximum Gasteiger partial charge on any atom is 0.433 e. The molecular weight excluding hydrogens is 299 g/mol. The highest BCUT2D eigenvalue weighted by atomic mass is 19.4. The third-order valence-electron chi connectivity index (χ3n) is 3.99. The molecule has 0 bridgehead atoms. The average molecular weight is 315 g/mol. The van der Waals surface area contributed by atoms with E-state index in [1.807, 2.05) is 0 Å². The first-order valence-electron chi connectivity index (χ1n) is 7.12. The largest absolute Gasteiger partial charge is 0.433 e. The van der Waals surface area contributed by atoms with Gasteiger partial charge in [0.25, 0.3) is 0 Å². The lowest BCUT2D eigenvalue weighted by Crippen LogP contribution is -2.52. The van der Waals surface area contributed by atoms with E-state index in [0.717, 1.165) is 18.7 Å². The van der Waals surface area contributed by atoms with E-state index in [2.05, 4.69) is 20.2 Å². The van der Waals surface area contributed by atoms with E-state index in [0.29, 0.717) is 32.7 Å². The zero-order valence-electron chi connectivity index (χ0n) is 11.8. The molecule has 1 aromatic rings. The molecule has 0 spiro atoms. The number of halogens is 3. The third-order valence-corrected chi connectivity index (χ3v) is 3.99. The minimum absolute atomic E-state index is 0.0313. The normalized spacial score (nSPS) is 23.7. The lowest BCUT2D eigenvalue weighted by molar-refractivity contribution is -0.141. The minimum Gasteiger partial charge on any atom is -0.355 e. The molecule has 2 aliphatic heterocycles. The number of carbonyl (C=O) groups excluding carboxylic acids is 1. The monoisotopic (exact) mass is 315 g/mol. The highest BCUT2D eigenvalue weighted by Crippen LogP contribution is 2.28. The van der Waals surface area contributed by atoms with Crippen LogP contribution in [0, 0.1) is 0 Å². The summed E-state index contributed by atoms with van der Waals surface area (Å²) in [5, 5.41) is 2.79. The van der Waals surface area contributed by atoms with Crippen molar-refractivity contribution in [2.45, 2.75) is 18.6 Å². The molecule has 1 amide bonds. The molecule has 1 N–H and O–H groups in total. The number of anilines is 1. The fraction of sp³-hybridized carbons (Fsp3) is 0.615. The molecule has 0 aromatic carbocycles. The Kier molecular flexibility index (Phi) is 3.90. The molecule has 6 nitrogen and oxygen atoms in total. The van der Waals surface area contributed by atoms with Crippen molar-refractivity contribution in [3.8, 4) is 0 Å². The standard InChI is InChI=1S/C13H16F3N5O/c14-13(15,16)10-2-4-18-12(19-10)21-7-5-20(6-8-21)9-1-3-17-11(9)22/h2,4,9H,1,3,5-8H2,(H,17,22)/t9-/m0/s1. The van der Waals surface area contributed by atoms with Crippen LogP contribution >= 0.6 is 0 Å². The van der Waals surface area contributed by atoms with Crippen molar-refractivity contribution in [1.82, 2.24) is 20.2 Å². The lowest BCUT2D eigenvalue weighted by atomic mass is 10.2. The van der Waals surface area contributed by atoms with Crippen molar-refractivity contribution in [2.75, 3.05) is 37.6 Å². The fourth-order valence-corrected chi connectivity index (χ4v) is 2.82. The molecule has 3 heterocycles. The van der Waals surface area contributed by atoms with Crippen molar-refractivity contribution >= 4 is 11.9 Å².